The van der Waals surface area contributed by atoms with Crippen molar-refractivity contribution < 1.29 is 26.0 Å². The Kier molecular flexibility index (Phi) is 6.90. The molecule has 0 atom stereocenters. The Hall–Kier alpha value is -1.18. The maximum absolute atomic E-state index is 11.6. The highest BCUT2D eigenvalue weighted by Gasteiger charge is 2.10. The summed E-state index contributed by atoms with van der Waals surface area (Å²) in [6, 6.07) is 3.78. The Labute approximate surface area is 119 Å². The molecule has 6 nitrogen and oxygen atoms in total. The SMILES string of the molecule is CCc1ccc(CCC(=O)CCCOS(=O)(=O)OC)o1. The molecule has 0 radical (unpaired) electrons. The van der Waals surface area contributed by atoms with Crippen molar-refractivity contribution in [3.8, 4) is 0 Å². The van der Waals surface area contributed by atoms with Crippen LogP contribution in [0.25, 0.3) is 0 Å². The molecule has 0 aliphatic heterocycles. The minimum absolute atomic E-state index is 0.0529. The van der Waals surface area contributed by atoms with Gasteiger partial charge in [-0.1, -0.05) is 6.92 Å². The van der Waals surface area contributed by atoms with Gasteiger partial charge in [-0.05, 0) is 18.6 Å². The summed E-state index contributed by atoms with van der Waals surface area (Å²) in [4.78, 5) is 11.6. The first kappa shape index (κ1) is 16.9. The van der Waals surface area contributed by atoms with Crippen LogP contribution in [-0.2, 0) is 36.4 Å². The minimum atomic E-state index is -3.90. The molecule has 0 aliphatic carbocycles. The van der Waals surface area contributed by atoms with E-state index in [4.69, 9.17) is 4.42 Å². The van der Waals surface area contributed by atoms with E-state index in [1.165, 1.54) is 0 Å². The third kappa shape index (κ3) is 6.31. The second kappa shape index (κ2) is 8.18. The molecule has 0 N–H and O–H groups in total. The fourth-order valence-electron chi connectivity index (χ4n) is 1.61. The molecule has 1 heterocycles. The number of hydrogen-bond acceptors (Lipinski definition) is 6. The van der Waals surface area contributed by atoms with Crippen LogP contribution in [0.3, 0.4) is 0 Å². The predicted octanol–water partition coefficient (Wildman–Crippen LogP) is 2.03. The van der Waals surface area contributed by atoms with E-state index in [2.05, 4.69) is 8.37 Å². The third-order valence-electron chi connectivity index (χ3n) is 2.75. The summed E-state index contributed by atoms with van der Waals surface area (Å²) in [6.07, 6.45) is 2.41. The van der Waals surface area contributed by atoms with Crippen molar-refractivity contribution in [3.05, 3.63) is 23.7 Å². The van der Waals surface area contributed by atoms with E-state index in [0.29, 0.717) is 19.3 Å². The normalized spacial score (nSPS) is 11.7. The van der Waals surface area contributed by atoms with E-state index >= 15 is 0 Å². The maximum Gasteiger partial charge on any atom is 0.399 e. The van der Waals surface area contributed by atoms with Gasteiger partial charge in [0.1, 0.15) is 17.3 Å². The Balaban J connectivity index is 2.17. The van der Waals surface area contributed by atoms with Gasteiger partial charge >= 0.3 is 10.4 Å². The highest BCUT2D eigenvalue weighted by Crippen LogP contribution is 2.11. The van der Waals surface area contributed by atoms with Crippen molar-refractivity contribution in [2.45, 2.75) is 39.0 Å². The molecule has 1 aromatic heterocycles. The van der Waals surface area contributed by atoms with E-state index in [0.717, 1.165) is 25.1 Å². The first-order valence-corrected chi connectivity index (χ1v) is 7.84. The number of carbonyl (C=O) groups excluding carboxylic acids is 1. The van der Waals surface area contributed by atoms with Gasteiger partial charge in [0.05, 0.1) is 13.7 Å². The molecular weight excluding hydrogens is 284 g/mol. The van der Waals surface area contributed by atoms with Crippen LogP contribution in [0.5, 0.6) is 0 Å². The number of hydrogen-bond donors (Lipinski definition) is 0. The zero-order chi connectivity index (χ0) is 15.0. The average Bonchev–Trinajstić information content (AvgIpc) is 2.89. The van der Waals surface area contributed by atoms with Gasteiger partial charge in [-0.3, -0.25) is 8.98 Å². The Morgan fingerprint density at radius 3 is 2.55 bits per heavy atom. The van der Waals surface area contributed by atoms with Crippen LogP contribution in [0, 0.1) is 0 Å². The van der Waals surface area contributed by atoms with Gasteiger partial charge in [0.25, 0.3) is 0 Å². The van der Waals surface area contributed by atoms with Crippen molar-refractivity contribution >= 4 is 16.2 Å². The van der Waals surface area contributed by atoms with E-state index in [-0.39, 0.29) is 18.8 Å². The molecule has 0 unspecified atom stereocenters. The molecule has 0 fully saturated rings. The van der Waals surface area contributed by atoms with Crippen LogP contribution in [0.2, 0.25) is 0 Å². The van der Waals surface area contributed by atoms with E-state index in [9.17, 15) is 13.2 Å². The molecule has 0 spiro atoms. The van der Waals surface area contributed by atoms with Crippen LogP contribution in [0.4, 0.5) is 0 Å². The van der Waals surface area contributed by atoms with E-state index < -0.39 is 10.4 Å². The summed E-state index contributed by atoms with van der Waals surface area (Å²) in [6.45, 7) is 1.95. The second-order valence-electron chi connectivity index (χ2n) is 4.26. The lowest BCUT2D eigenvalue weighted by atomic mass is 10.1. The molecule has 114 valence electrons. The van der Waals surface area contributed by atoms with Crippen LogP contribution in [0.15, 0.2) is 16.5 Å². The monoisotopic (exact) mass is 304 g/mol. The Bertz CT molecular complexity index is 517. The maximum atomic E-state index is 11.6. The molecular formula is C13H20O6S. The largest absolute Gasteiger partial charge is 0.466 e. The van der Waals surface area contributed by atoms with Gasteiger partial charge in [0.15, 0.2) is 0 Å². The lowest BCUT2D eigenvalue weighted by molar-refractivity contribution is -0.119. The number of furan rings is 1. The van der Waals surface area contributed by atoms with Gasteiger partial charge in [-0.25, -0.2) is 4.18 Å². The van der Waals surface area contributed by atoms with Gasteiger partial charge in [0.2, 0.25) is 0 Å². The molecule has 0 saturated carbocycles. The number of rotatable bonds is 10. The van der Waals surface area contributed by atoms with Crippen molar-refractivity contribution in [1.82, 2.24) is 0 Å². The fourth-order valence-corrected chi connectivity index (χ4v) is 2.03. The zero-order valence-electron chi connectivity index (χ0n) is 11.8. The first-order chi connectivity index (χ1) is 9.46. The first-order valence-electron chi connectivity index (χ1n) is 6.51. The summed E-state index contributed by atoms with van der Waals surface area (Å²) in [5.74, 6) is 1.76. The van der Waals surface area contributed by atoms with Crippen LogP contribution < -0.4 is 0 Å². The number of ketones is 1. The molecule has 0 amide bonds. The molecule has 1 aromatic rings. The number of carbonyl (C=O) groups is 1. The van der Waals surface area contributed by atoms with Crippen molar-refractivity contribution in [2.24, 2.45) is 0 Å². The Morgan fingerprint density at radius 1 is 1.25 bits per heavy atom. The lowest BCUT2D eigenvalue weighted by Crippen LogP contribution is -2.09. The van der Waals surface area contributed by atoms with Crippen molar-refractivity contribution in [2.75, 3.05) is 13.7 Å². The highest BCUT2D eigenvalue weighted by atomic mass is 32.3. The van der Waals surface area contributed by atoms with E-state index in [1.807, 2.05) is 19.1 Å². The number of aryl methyl sites for hydroxylation is 2. The number of Topliss-reactive ketones (excluding diaryl/α,β-unsaturated/α-hetero) is 1. The molecule has 0 aromatic carbocycles. The summed E-state index contributed by atoms with van der Waals surface area (Å²) >= 11 is 0. The Morgan fingerprint density at radius 2 is 1.95 bits per heavy atom. The fraction of sp³-hybridized carbons (Fsp3) is 0.615. The smallest absolute Gasteiger partial charge is 0.399 e. The molecule has 0 aliphatic rings. The summed E-state index contributed by atoms with van der Waals surface area (Å²) in [7, 11) is -2.88. The van der Waals surface area contributed by atoms with Gasteiger partial charge in [0, 0.05) is 25.7 Å². The molecule has 0 saturated heterocycles. The minimum Gasteiger partial charge on any atom is -0.466 e. The van der Waals surface area contributed by atoms with Crippen LogP contribution >= 0.6 is 0 Å². The van der Waals surface area contributed by atoms with Gasteiger partial charge in [-0.15, -0.1) is 0 Å². The van der Waals surface area contributed by atoms with Crippen molar-refractivity contribution in [1.29, 1.82) is 0 Å². The molecule has 7 heteroatoms. The standard InChI is InChI=1S/C13H20O6S/c1-3-12-8-9-13(19-12)7-6-11(14)5-4-10-18-20(15,16)17-2/h8-9H,3-7,10H2,1-2H3. The highest BCUT2D eigenvalue weighted by molar-refractivity contribution is 7.81. The molecule has 1 rings (SSSR count). The summed E-state index contributed by atoms with van der Waals surface area (Å²) in [5, 5.41) is 0. The van der Waals surface area contributed by atoms with Gasteiger partial charge in [-0.2, -0.15) is 8.42 Å². The van der Waals surface area contributed by atoms with Crippen molar-refractivity contribution in [3.63, 3.8) is 0 Å². The second-order valence-corrected chi connectivity index (χ2v) is 5.65. The summed E-state index contributed by atoms with van der Waals surface area (Å²) < 4.78 is 35.8. The topological polar surface area (TPSA) is 82.8 Å². The third-order valence-corrected chi connectivity index (χ3v) is 3.61. The zero-order valence-corrected chi connectivity index (χ0v) is 12.6. The van der Waals surface area contributed by atoms with Gasteiger partial charge < -0.3 is 4.42 Å². The summed E-state index contributed by atoms with van der Waals surface area (Å²) in [5.41, 5.74) is 0. The predicted molar refractivity (Wildman–Crippen MR) is 72.5 cm³/mol. The molecule has 0 bridgehead atoms. The average molecular weight is 304 g/mol. The van der Waals surface area contributed by atoms with Crippen LogP contribution in [-0.4, -0.2) is 27.9 Å². The van der Waals surface area contributed by atoms with E-state index in [1.54, 1.807) is 0 Å². The quantitative estimate of drug-likeness (QED) is 0.615. The molecule has 20 heavy (non-hydrogen) atoms. The lowest BCUT2D eigenvalue weighted by Gasteiger charge is -2.02. The van der Waals surface area contributed by atoms with Crippen LogP contribution in [0.1, 0.15) is 37.7 Å².